The molecule has 2 aromatic carbocycles. The molecule has 2 aliphatic carbocycles. The van der Waals surface area contributed by atoms with Crippen LogP contribution in [-0.4, -0.2) is 87.1 Å². The highest BCUT2D eigenvalue weighted by Crippen LogP contribution is 2.59. The second-order valence-electron chi connectivity index (χ2n) is 17.2. The summed E-state index contributed by atoms with van der Waals surface area (Å²) in [5.41, 5.74) is 5.29. The van der Waals surface area contributed by atoms with E-state index in [9.17, 15) is 19.2 Å². The third-order valence-electron chi connectivity index (χ3n) is 12.7. The predicted octanol–water partition coefficient (Wildman–Crippen LogP) is 7.45. The van der Waals surface area contributed by atoms with E-state index in [1.807, 2.05) is 89.8 Å². The molecule has 5 aromatic rings. The Kier molecular flexibility index (Phi) is 15.9. The lowest BCUT2D eigenvalue weighted by Crippen LogP contribution is -2.51. The average molecular weight is 965 g/mol. The number of nitrogens with zero attached hydrogens (tertiary/aromatic N) is 4. The molecular weight excluding hydrogens is 909 g/mol. The Hall–Kier alpha value is -4.74. The minimum atomic E-state index is -0.844. The number of nitrogens with one attached hydrogen (secondary N) is 4. The summed E-state index contributed by atoms with van der Waals surface area (Å²) in [5.74, 6) is 7.64. The van der Waals surface area contributed by atoms with Gasteiger partial charge in [-0.3, -0.25) is 9.59 Å². The van der Waals surface area contributed by atoms with Crippen molar-refractivity contribution < 1.29 is 28.7 Å². The Balaban J connectivity index is 0.00000193. The van der Waals surface area contributed by atoms with Crippen molar-refractivity contribution in [3.8, 4) is 23.1 Å². The van der Waals surface area contributed by atoms with Gasteiger partial charge in [0.25, 0.3) is 5.91 Å². The zero-order chi connectivity index (χ0) is 41.8. The fourth-order valence-electron chi connectivity index (χ4n) is 8.87. The van der Waals surface area contributed by atoms with Crippen molar-refractivity contribution >= 4 is 100 Å². The third-order valence-corrected chi connectivity index (χ3v) is 13.6. The van der Waals surface area contributed by atoms with E-state index in [2.05, 4.69) is 32.4 Å². The minimum Gasteiger partial charge on any atom is -0.453 e. The van der Waals surface area contributed by atoms with Gasteiger partial charge < -0.3 is 39.9 Å². The molecule has 19 heteroatoms. The van der Waals surface area contributed by atoms with Gasteiger partial charge in [-0.1, -0.05) is 43.9 Å². The van der Waals surface area contributed by atoms with Crippen molar-refractivity contribution in [1.29, 1.82) is 0 Å². The average Bonchev–Trinajstić information content (AvgIpc) is 3.71. The lowest BCUT2D eigenvalue weighted by Gasteiger charge is -2.30. The fourth-order valence-corrected chi connectivity index (χ4v) is 9.64. The molecule has 9 rings (SSSR count). The second-order valence-corrected chi connectivity index (χ2v) is 18.2. The van der Waals surface area contributed by atoms with Crippen LogP contribution in [-0.2, 0) is 19.1 Å². The standard InChI is InChI=1S/C45H48N8O6S.4H2S/c1-26(2)36(50-42(56)58-3)40(54)52-24-44(15-16-44)21-33(52)38-46-23-32(49-38)29-12-9-27(10-13-29)7-8-28-11-14-30-31(20-28)48-39(47-30)34-22-45(17-18-45)25-53(34)41(55)37(51-43(57)59-4)35-6-5-19-60-35;;;;/h5-6,9-14,19-20,23,26,33-34,36-37H,15-18,21-22,24-25H2,1-4H3,(H,46,49)(H,47,48)(H,50,56)(H,51,57);4*1H2/t33-,34-,36-,37+;;;;/m0..../s1. The molecule has 0 bridgehead atoms. The molecule has 4 aliphatic rings. The summed E-state index contributed by atoms with van der Waals surface area (Å²) >= 11 is 1.42. The number of hydrogen-bond donors (Lipinski definition) is 4. The lowest BCUT2D eigenvalue weighted by atomic mass is 10.0. The highest BCUT2D eigenvalue weighted by molar-refractivity contribution is 7.59. The molecule has 4 atom stereocenters. The molecule has 2 spiro atoms. The molecule has 2 saturated heterocycles. The van der Waals surface area contributed by atoms with Crippen LogP contribution in [0, 0.1) is 28.6 Å². The van der Waals surface area contributed by atoms with Crippen molar-refractivity contribution in [2.24, 2.45) is 16.7 Å². The van der Waals surface area contributed by atoms with Crippen molar-refractivity contribution in [3.05, 3.63) is 93.8 Å². The summed E-state index contributed by atoms with van der Waals surface area (Å²) < 4.78 is 9.67. The number of imidazole rings is 2. The van der Waals surface area contributed by atoms with E-state index >= 15 is 0 Å². The van der Waals surface area contributed by atoms with Gasteiger partial charge in [-0.05, 0) is 103 Å². The van der Waals surface area contributed by atoms with E-state index in [4.69, 9.17) is 19.4 Å². The van der Waals surface area contributed by atoms with Crippen LogP contribution in [0.25, 0.3) is 22.3 Å². The monoisotopic (exact) mass is 964 g/mol. The zero-order valence-corrected chi connectivity index (χ0v) is 40.9. The van der Waals surface area contributed by atoms with Gasteiger partial charge in [-0.15, -0.1) is 11.3 Å². The Morgan fingerprint density at radius 2 is 1.38 bits per heavy atom. The number of ether oxygens (including phenoxy) is 2. The first-order chi connectivity index (χ1) is 29.0. The highest BCUT2D eigenvalue weighted by Gasteiger charge is 2.56. The summed E-state index contributed by atoms with van der Waals surface area (Å²) in [4.78, 5) is 73.6. The summed E-state index contributed by atoms with van der Waals surface area (Å²) in [6.45, 7) is 5.10. The number of thiophene rings is 1. The zero-order valence-electron chi connectivity index (χ0n) is 36.0. The number of likely N-dealkylation sites (tertiary alicyclic amines) is 2. The summed E-state index contributed by atoms with van der Waals surface area (Å²) in [7, 11) is 2.59. The quantitative estimate of drug-likeness (QED) is 0.110. The van der Waals surface area contributed by atoms with Gasteiger partial charge in [-0.2, -0.15) is 54.0 Å². The molecule has 4 amide bonds. The number of carbonyl (C=O) groups is 4. The summed E-state index contributed by atoms with van der Waals surface area (Å²) in [6, 6.07) is 15.6. The van der Waals surface area contributed by atoms with Gasteiger partial charge in [0, 0.05) is 29.1 Å². The fraction of sp³-hybridized carbons (Fsp3) is 0.422. The van der Waals surface area contributed by atoms with Crippen molar-refractivity contribution in [3.63, 3.8) is 0 Å². The van der Waals surface area contributed by atoms with Crippen LogP contribution in [0.3, 0.4) is 0 Å². The minimum absolute atomic E-state index is 0. The Bertz CT molecular complexity index is 2530. The maximum Gasteiger partial charge on any atom is 0.407 e. The number of benzene rings is 2. The second kappa shape index (κ2) is 20.2. The number of hydrogen-bond acceptors (Lipinski definition) is 9. The third kappa shape index (κ3) is 10.2. The number of rotatable bonds is 9. The summed E-state index contributed by atoms with van der Waals surface area (Å²) in [6.07, 6.45) is 6.46. The van der Waals surface area contributed by atoms with Crippen molar-refractivity contribution in [2.75, 3.05) is 27.3 Å². The maximum absolute atomic E-state index is 14.1. The Labute approximate surface area is 404 Å². The van der Waals surface area contributed by atoms with E-state index < -0.39 is 24.3 Å². The normalized spacial score (nSPS) is 19.2. The molecule has 5 heterocycles. The van der Waals surface area contributed by atoms with Crippen molar-refractivity contribution in [2.45, 2.75) is 76.5 Å². The van der Waals surface area contributed by atoms with Crippen LogP contribution in [0.4, 0.5) is 9.59 Å². The highest BCUT2D eigenvalue weighted by atomic mass is 32.1. The van der Waals surface area contributed by atoms with Gasteiger partial charge in [0.2, 0.25) is 5.91 Å². The molecule has 0 unspecified atom stereocenters. The number of aromatic nitrogens is 4. The van der Waals surface area contributed by atoms with Crippen molar-refractivity contribution in [1.82, 2.24) is 40.4 Å². The largest absolute Gasteiger partial charge is 0.453 e. The Morgan fingerprint density at radius 1 is 0.781 bits per heavy atom. The van der Waals surface area contributed by atoms with Gasteiger partial charge >= 0.3 is 12.2 Å². The first kappa shape index (κ1) is 50.3. The summed E-state index contributed by atoms with van der Waals surface area (Å²) in [5, 5.41) is 7.38. The number of methoxy groups -OCH3 is 2. The van der Waals surface area contributed by atoms with E-state index in [1.165, 1.54) is 25.6 Å². The van der Waals surface area contributed by atoms with Crippen LogP contribution in [0.5, 0.6) is 0 Å². The molecule has 64 heavy (non-hydrogen) atoms. The van der Waals surface area contributed by atoms with Crippen LogP contribution in [0.1, 0.15) is 98.2 Å². The van der Waals surface area contributed by atoms with E-state index in [1.54, 1.807) is 0 Å². The molecule has 0 radical (unpaired) electrons. The van der Waals surface area contributed by atoms with Gasteiger partial charge in [0.05, 0.1) is 49.2 Å². The van der Waals surface area contributed by atoms with Gasteiger partial charge in [0.15, 0.2) is 0 Å². The van der Waals surface area contributed by atoms with Crippen LogP contribution < -0.4 is 10.6 Å². The maximum atomic E-state index is 14.1. The first-order valence-corrected chi connectivity index (χ1v) is 21.3. The molecule has 4 N–H and O–H groups in total. The number of aromatic amines is 2. The molecule has 342 valence electrons. The van der Waals surface area contributed by atoms with Crippen LogP contribution in [0.2, 0.25) is 0 Å². The lowest BCUT2D eigenvalue weighted by molar-refractivity contribution is -0.136. The molecule has 2 saturated carbocycles. The molecule has 2 aliphatic heterocycles. The van der Waals surface area contributed by atoms with E-state index in [0.717, 1.165) is 88.5 Å². The van der Waals surface area contributed by atoms with E-state index in [0.29, 0.717) is 13.1 Å². The van der Waals surface area contributed by atoms with Crippen LogP contribution in [0.15, 0.2) is 66.2 Å². The molecule has 14 nitrogen and oxygen atoms in total. The number of fused-ring (bicyclic) bond motifs is 1. The number of alkyl carbamates (subject to hydrolysis) is 2. The Morgan fingerprint density at radius 3 is 1.97 bits per heavy atom. The molecule has 4 fully saturated rings. The smallest absolute Gasteiger partial charge is 0.407 e. The SMILES string of the molecule is COC(=O)N[C@H](C(=O)N1CC2(CC2)C[C@H]1c1ncc(-c2ccc(C#Cc3ccc4nc([C@@H]5CC6(CC6)CN5C(=O)[C@H](NC(=O)OC)c5cccs5)[nH]c4c3)cc2)[nH]1)C(C)C.S.S.S.S. The predicted molar refractivity (Wildman–Crippen MR) is 266 cm³/mol. The number of carbonyl (C=O) groups excluding carboxylic acids is 4. The molecular formula is C45H56N8O6S5. The van der Waals surface area contributed by atoms with Gasteiger partial charge in [-0.25, -0.2) is 19.6 Å². The molecule has 3 aromatic heterocycles. The topological polar surface area (TPSA) is 175 Å². The first-order valence-electron chi connectivity index (χ1n) is 20.5. The number of H-pyrrole nitrogens is 2. The number of amides is 4. The van der Waals surface area contributed by atoms with Gasteiger partial charge in [0.1, 0.15) is 23.7 Å². The van der Waals surface area contributed by atoms with E-state index in [-0.39, 0.29) is 94.6 Å². The van der Waals surface area contributed by atoms with Crippen LogP contribution >= 0.6 is 65.3 Å².